The van der Waals surface area contributed by atoms with Crippen LogP contribution in [0.1, 0.15) is 87.5 Å². The second-order valence-electron chi connectivity index (χ2n) is 26.8. The van der Waals surface area contributed by atoms with E-state index in [-0.39, 0.29) is 0 Å². The molecule has 0 fully saturated rings. The van der Waals surface area contributed by atoms with Crippen molar-refractivity contribution in [1.29, 1.82) is 0 Å². The van der Waals surface area contributed by atoms with Crippen molar-refractivity contribution in [3.63, 3.8) is 0 Å². The SMILES string of the molecule is CC#CCOc1ccc2cc(C3(c4ccc(N(c5ccc(C6(c7ccc8cc(OCC#CC)ccc8c7)c7ccccc7-c7ccccc76)cc5)c5ccc(C6(c7ccc8cc(OCC#CC)ccc8c7)c7ccccc7-c7ccccc76)cc5)cc4)c4ccccc4-c4ccccc43)ccc2c1. The maximum atomic E-state index is 6.08. The van der Waals surface area contributed by atoms with Crippen molar-refractivity contribution < 1.29 is 14.2 Å². The van der Waals surface area contributed by atoms with E-state index in [1.54, 1.807) is 0 Å². The van der Waals surface area contributed by atoms with Crippen LogP contribution in [0.15, 0.2) is 328 Å². The molecule has 0 heterocycles. The van der Waals surface area contributed by atoms with Crippen LogP contribution in [0.2, 0.25) is 0 Å². The summed E-state index contributed by atoms with van der Waals surface area (Å²) in [5.74, 6) is 20.4. The molecule has 0 N–H and O–H groups in total. The second kappa shape index (κ2) is 25.6. The third-order valence-electron chi connectivity index (χ3n) is 21.7. The van der Waals surface area contributed by atoms with Crippen molar-refractivity contribution in [3.05, 3.63) is 394 Å². The summed E-state index contributed by atoms with van der Waals surface area (Å²) in [6.07, 6.45) is 0. The molecule has 15 aromatic carbocycles. The minimum Gasteiger partial charge on any atom is -0.481 e. The van der Waals surface area contributed by atoms with Crippen molar-refractivity contribution in [2.75, 3.05) is 24.7 Å². The first-order valence-electron chi connectivity index (χ1n) is 35.3. The van der Waals surface area contributed by atoms with Crippen molar-refractivity contribution in [2.45, 2.75) is 37.0 Å². The van der Waals surface area contributed by atoms with Gasteiger partial charge in [0, 0.05) is 17.1 Å². The first-order chi connectivity index (χ1) is 50.9. The lowest BCUT2D eigenvalue weighted by Crippen LogP contribution is -2.29. The minimum absolute atomic E-state index is 0.345. The summed E-state index contributed by atoms with van der Waals surface area (Å²) in [6, 6.07) is 122. The lowest BCUT2D eigenvalue weighted by atomic mass is 9.67. The summed E-state index contributed by atoms with van der Waals surface area (Å²) in [5, 5.41) is 6.73. The topological polar surface area (TPSA) is 30.9 Å². The molecule has 3 aliphatic rings. The number of ether oxygens (including phenoxy) is 3. The number of fused-ring (bicyclic) bond motifs is 12. The monoisotopic (exact) mass is 1320 g/mol. The lowest BCUT2D eigenvalue weighted by Gasteiger charge is -2.36. The predicted molar refractivity (Wildman–Crippen MR) is 422 cm³/mol. The highest BCUT2D eigenvalue weighted by Gasteiger charge is 2.49. The maximum absolute atomic E-state index is 6.08. The summed E-state index contributed by atoms with van der Waals surface area (Å²) in [6.45, 7) is 6.55. The molecule has 0 unspecified atom stereocenters. The van der Waals surface area contributed by atoms with E-state index in [4.69, 9.17) is 14.2 Å². The van der Waals surface area contributed by atoms with Crippen molar-refractivity contribution in [1.82, 2.24) is 0 Å². The number of benzene rings is 15. The van der Waals surface area contributed by atoms with E-state index >= 15 is 0 Å². The second-order valence-corrected chi connectivity index (χ2v) is 26.8. The van der Waals surface area contributed by atoms with E-state index in [0.29, 0.717) is 19.8 Å². The maximum Gasteiger partial charge on any atom is 0.149 e. The standard InChI is InChI=1S/C99H69NO3/c1-4-7-58-101-82-55-37-67-61-76(40-34-70(67)64-82)97(91-28-16-10-22-85(91)86-23-11-17-29-92(86)97)73-43-49-79(50-44-73)100(80-51-45-74(46-52-80)98(93-30-18-12-24-87(93)88-25-13-19-31-94(88)98)77-41-35-71-65-83(102-59-8-5-2)56-38-68(71)62-77)81-53-47-75(48-54-81)99(95-32-20-14-26-89(95)90-27-15-21-33-96(90)99)78-42-36-72-66-84(103-60-9-6-3)57-39-69(72)63-78/h10-57,61-66H,58-60H2,1-3H3. The molecule has 0 radical (unpaired) electrons. The van der Waals surface area contributed by atoms with Gasteiger partial charge in [0.1, 0.15) is 37.1 Å². The molecule has 103 heavy (non-hydrogen) atoms. The Morgan fingerprint density at radius 1 is 0.233 bits per heavy atom. The molecule has 0 bridgehead atoms. The molecule has 4 heteroatoms. The number of hydrogen-bond acceptors (Lipinski definition) is 4. The van der Waals surface area contributed by atoms with Crippen LogP contribution >= 0.6 is 0 Å². The number of anilines is 3. The van der Waals surface area contributed by atoms with Crippen LogP contribution in [0, 0.1) is 35.5 Å². The van der Waals surface area contributed by atoms with Gasteiger partial charge in [-0.05, 0) is 244 Å². The average Bonchev–Trinajstić information content (AvgIpc) is 1.58. The van der Waals surface area contributed by atoms with Gasteiger partial charge in [-0.25, -0.2) is 0 Å². The van der Waals surface area contributed by atoms with Gasteiger partial charge in [0.05, 0.1) is 16.2 Å². The fraction of sp³-hybridized carbons (Fsp3) is 0.0909. The van der Waals surface area contributed by atoms with Crippen molar-refractivity contribution in [2.24, 2.45) is 0 Å². The Bertz CT molecular complexity index is 5350. The third kappa shape index (κ3) is 9.95. The molecule has 0 aliphatic heterocycles. The van der Waals surface area contributed by atoms with E-state index in [1.165, 1.54) is 100 Å². The zero-order chi connectivity index (χ0) is 69.1. The van der Waals surface area contributed by atoms with E-state index in [9.17, 15) is 0 Å². The molecule has 4 nitrogen and oxygen atoms in total. The summed E-state index contributed by atoms with van der Waals surface area (Å²) in [4.78, 5) is 2.44. The zero-order valence-electron chi connectivity index (χ0n) is 57.5. The molecule has 0 aromatic heterocycles. The third-order valence-corrected chi connectivity index (χ3v) is 21.7. The summed E-state index contributed by atoms with van der Waals surface area (Å²) in [7, 11) is 0. The van der Waals surface area contributed by atoms with Gasteiger partial charge in [-0.1, -0.05) is 254 Å². The van der Waals surface area contributed by atoms with Crippen LogP contribution in [0.3, 0.4) is 0 Å². The molecular formula is C99H69NO3. The number of hydrogen-bond donors (Lipinski definition) is 0. The first-order valence-corrected chi connectivity index (χ1v) is 35.3. The average molecular weight is 1320 g/mol. The van der Waals surface area contributed by atoms with Crippen LogP contribution < -0.4 is 19.1 Å². The van der Waals surface area contributed by atoms with Gasteiger partial charge in [0.2, 0.25) is 0 Å². The highest BCUT2D eigenvalue weighted by Crippen LogP contribution is 2.60. The smallest absolute Gasteiger partial charge is 0.149 e. The molecule has 0 saturated heterocycles. The molecule has 18 rings (SSSR count). The molecule has 0 atom stereocenters. The van der Waals surface area contributed by atoms with Crippen LogP contribution in [0.25, 0.3) is 65.7 Å². The largest absolute Gasteiger partial charge is 0.481 e. The fourth-order valence-electron chi connectivity index (χ4n) is 17.3. The van der Waals surface area contributed by atoms with Gasteiger partial charge >= 0.3 is 0 Å². The predicted octanol–water partition coefficient (Wildman–Crippen LogP) is 22.9. The fourth-order valence-corrected chi connectivity index (χ4v) is 17.3. The Hall–Kier alpha value is -13.0. The van der Waals surface area contributed by atoms with Crippen LogP contribution in [0.4, 0.5) is 17.1 Å². The molecular weight excluding hydrogens is 1250 g/mol. The Morgan fingerprint density at radius 2 is 0.447 bits per heavy atom. The van der Waals surface area contributed by atoms with Crippen molar-refractivity contribution >= 4 is 49.4 Å². The zero-order valence-corrected chi connectivity index (χ0v) is 57.5. The normalized spacial score (nSPS) is 13.3. The van der Waals surface area contributed by atoms with Gasteiger partial charge in [0.25, 0.3) is 0 Å². The first kappa shape index (κ1) is 62.2. The summed E-state index contributed by atoms with van der Waals surface area (Å²) < 4.78 is 18.2. The summed E-state index contributed by atoms with van der Waals surface area (Å²) >= 11 is 0. The van der Waals surface area contributed by atoms with Crippen molar-refractivity contribution in [3.8, 4) is 86.2 Å². The summed E-state index contributed by atoms with van der Waals surface area (Å²) in [5.41, 5.74) is 23.1. The van der Waals surface area contributed by atoms with Gasteiger partial charge in [-0.2, -0.15) is 0 Å². The molecule has 0 amide bonds. The molecule has 488 valence electrons. The van der Waals surface area contributed by atoms with Crippen LogP contribution in [0.5, 0.6) is 17.2 Å². The Morgan fingerprint density at radius 3 is 0.689 bits per heavy atom. The Labute approximate surface area is 602 Å². The van der Waals surface area contributed by atoms with E-state index in [1.807, 2.05) is 20.8 Å². The van der Waals surface area contributed by atoms with Gasteiger partial charge < -0.3 is 19.1 Å². The van der Waals surface area contributed by atoms with Gasteiger partial charge in [0.15, 0.2) is 0 Å². The van der Waals surface area contributed by atoms with E-state index < -0.39 is 16.2 Å². The lowest BCUT2D eigenvalue weighted by molar-refractivity contribution is 0.370. The molecule has 3 aliphatic carbocycles. The quantitative estimate of drug-likeness (QED) is 0.0957. The van der Waals surface area contributed by atoms with E-state index in [2.05, 4.69) is 368 Å². The molecule has 15 aromatic rings. The van der Waals surface area contributed by atoms with Gasteiger partial charge in [-0.15, -0.1) is 17.8 Å². The molecule has 0 spiro atoms. The van der Waals surface area contributed by atoms with Gasteiger partial charge in [-0.3, -0.25) is 0 Å². The Balaban J connectivity index is 0.816. The van der Waals surface area contributed by atoms with Crippen LogP contribution in [-0.4, -0.2) is 19.8 Å². The Kier molecular flexibility index (Phi) is 15.5. The highest BCUT2D eigenvalue weighted by atomic mass is 16.5. The van der Waals surface area contributed by atoms with Crippen LogP contribution in [-0.2, 0) is 16.2 Å². The minimum atomic E-state index is -0.657. The molecule has 0 saturated carbocycles. The highest BCUT2D eigenvalue weighted by molar-refractivity contribution is 5.95. The number of rotatable bonds is 15. The van der Waals surface area contributed by atoms with E-state index in [0.717, 1.165) is 66.6 Å². The number of nitrogens with zero attached hydrogens (tertiary/aromatic N) is 1.